The van der Waals surface area contributed by atoms with E-state index in [1.165, 1.54) is 56.7 Å². The molecule has 1 aromatic rings. The molecule has 3 heteroatoms. The van der Waals surface area contributed by atoms with Crippen molar-refractivity contribution in [3.8, 4) is 0 Å². The highest BCUT2D eigenvalue weighted by Crippen LogP contribution is 2.13. The van der Waals surface area contributed by atoms with Gasteiger partial charge in [-0.25, -0.2) is 0 Å². The summed E-state index contributed by atoms with van der Waals surface area (Å²) < 4.78 is 5.16. The summed E-state index contributed by atoms with van der Waals surface area (Å²) in [6, 6.07) is 8.84. The topological polar surface area (TPSA) is 15.7 Å². The Bertz CT molecular complexity index is 410. The van der Waals surface area contributed by atoms with Crippen molar-refractivity contribution in [2.75, 3.05) is 39.8 Å². The zero-order valence-electron chi connectivity index (χ0n) is 14.6. The minimum Gasteiger partial charge on any atom is -0.380 e. The molecular formula is C19H32N2O. The van der Waals surface area contributed by atoms with E-state index in [-0.39, 0.29) is 0 Å². The van der Waals surface area contributed by atoms with Gasteiger partial charge in [-0.05, 0) is 23.5 Å². The Kier molecular flexibility index (Phi) is 7.37. The van der Waals surface area contributed by atoms with E-state index in [0.717, 1.165) is 12.5 Å². The third kappa shape index (κ3) is 5.71. The number of ether oxygens (including phenoxy) is 1. The Morgan fingerprint density at radius 2 is 1.59 bits per heavy atom. The van der Waals surface area contributed by atoms with Crippen LogP contribution in [-0.4, -0.2) is 49.6 Å². The molecule has 0 radical (unpaired) electrons. The monoisotopic (exact) mass is 304 g/mol. The minimum absolute atomic E-state index is 0.703. The number of hydrogen-bond donors (Lipinski definition) is 0. The van der Waals surface area contributed by atoms with Crippen LogP contribution in [0.3, 0.4) is 0 Å². The van der Waals surface area contributed by atoms with E-state index in [2.05, 4.69) is 47.9 Å². The zero-order valence-corrected chi connectivity index (χ0v) is 14.6. The van der Waals surface area contributed by atoms with Gasteiger partial charge in [-0.2, -0.15) is 0 Å². The van der Waals surface area contributed by atoms with Gasteiger partial charge >= 0.3 is 0 Å². The third-order valence-electron chi connectivity index (χ3n) is 4.56. The van der Waals surface area contributed by atoms with Crippen LogP contribution in [0.5, 0.6) is 0 Å². The summed E-state index contributed by atoms with van der Waals surface area (Å²) in [5.41, 5.74) is 2.66. The Hall–Kier alpha value is -0.900. The third-order valence-corrected chi connectivity index (χ3v) is 4.56. The van der Waals surface area contributed by atoms with Gasteiger partial charge in [0, 0.05) is 46.4 Å². The number of benzene rings is 1. The molecular weight excluding hydrogens is 272 g/mol. The fraction of sp³-hybridized carbons (Fsp3) is 0.684. The molecule has 1 fully saturated rings. The van der Waals surface area contributed by atoms with E-state index < -0.39 is 0 Å². The van der Waals surface area contributed by atoms with Gasteiger partial charge in [-0.15, -0.1) is 0 Å². The maximum Gasteiger partial charge on any atom is 0.0713 e. The van der Waals surface area contributed by atoms with Gasteiger partial charge in [0.25, 0.3) is 0 Å². The maximum atomic E-state index is 5.16. The van der Waals surface area contributed by atoms with E-state index in [4.69, 9.17) is 4.74 Å². The first kappa shape index (κ1) is 17.5. The molecule has 0 N–H and O–H groups in total. The molecule has 1 heterocycles. The molecule has 1 saturated heterocycles. The lowest BCUT2D eigenvalue weighted by atomic mass is 10.1. The van der Waals surface area contributed by atoms with E-state index in [0.29, 0.717) is 6.61 Å². The lowest BCUT2D eigenvalue weighted by Crippen LogP contribution is -2.47. The Balaban J connectivity index is 1.72. The molecule has 0 amide bonds. The fourth-order valence-corrected chi connectivity index (χ4v) is 3.32. The van der Waals surface area contributed by atoms with Crippen LogP contribution >= 0.6 is 0 Å². The van der Waals surface area contributed by atoms with Crippen molar-refractivity contribution >= 4 is 0 Å². The summed E-state index contributed by atoms with van der Waals surface area (Å²) in [7, 11) is 1.74. The number of rotatable bonds is 8. The average Bonchev–Trinajstić information content (AvgIpc) is 2.52. The van der Waals surface area contributed by atoms with Gasteiger partial charge < -0.3 is 9.64 Å². The molecule has 0 spiro atoms. The standard InChI is InChI=1S/C19H32N2O/c1-4-5-17(2)14-20-10-12-21(13-11-20)15-18-6-8-19(9-7-18)16-22-3/h6-9,17H,4-5,10-16H2,1-3H3. The van der Waals surface area contributed by atoms with Crippen molar-refractivity contribution in [2.24, 2.45) is 5.92 Å². The predicted octanol–water partition coefficient (Wildman–Crippen LogP) is 3.39. The van der Waals surface area contributed by atoms with Gasteiger partial charge in [0.15, 0.2) is 0 Å². The van der Waals surface area contributed by atoms with E-state index in [1.807, 2.05) is 0 Å². The lowest BCUT2D eigenvalue weighted by molar-refractivity contribution is 0.114. The molecule has 1 aromatic carbocycles. The van der Waals surface area contributed by atoms with Gasteiger partial charge in [0.05, 0.1) is 6.61 Å². The van der Waals surface area contributed by atoms with Gasteiger partial charge in [0.1, 0.15) is 0 Å². The molecule has 1 atom stereocenters. The largest absolute Gasteiger partial charge is 0.380 e. The second kappa shape index (κ2) is 9.29. The predicted molar refractivity (Wildman–Crippen MR) is 92.9 cm³/mol. The first-order valence-corrected chi connectivity index (χ1v) is 8.72. The van der Waals surface area contributed by atoms with Crippen molar-refractivity contribution in [1.29, 1.82) is 0 Å². The van der Waals surface area contributed by atoms with E-state index >= 15 is 0 Å². The molecule has 2 rings (SSSR count). The first-order valence-electron chi connectivity index (χ1n) is 8.72. The average molecular weight is 304 g/mol. The SMILES string of the molecule is CCCC(C)CN1CCN(Cc2ccc(COC)cc2)CC1. The van der Waals surface area contributed by atoms with Crippen LogP contribution in [0.15, 0.2) is 24.3 Å². The smallest absolute Gasteiger partial charge is 0.0713 e. The summed E-state index contributed by atoms with van der Waals surface area (Å²) in [5, 5.41) is 0. The van der Waals surface area contributed by atoms with E-state index in [9.17, 15) is 0 Å². The van der Waals surface area contributed by atoms with Crippen LogP contribution in [0, 0.1) is 5.92 Å². The van der Waals surface area contributed by atoms with Crippen LogP contribution in [0.1, 0.15) is 37.8 Å². The van der Waals surface area contributed by atoms with Crippen molar-refractivity contribution < 1.29 is 4.74 Å². The van der Waals surface area contributed by atoms with Gasteiger partial charge in [-0.1, -0.05) is 44.5 Å². The molecule has 0 aromatic heterocycles. The quantitative estimate of drug-likeness (QED) is 0.732. The number of hydrogen-bond acceptors (Lipinski definition) is 3. The minimum atomic E-state index is 0.703. The number of nitrogens with zero attached hydrogens (tertiary/aromatic N) is 2. The van der Waals surface area contributed by atoms with E-state index in [1.54, 1.807) is 7.11 Å². The lowest BCUT2D eigenvalue weighted by Gasteiger charge is -2.36. The van der Waals surface area contributed by atoms with Crippen LogP contribution in [-0.2, 0) is 17.9 Å². The zero-order chi connectivity index (χ0) is 15.8. The second-order valence-corrected chi connectivity index (χ2v) is 6.72. The molecule has 0 bridgehead atoms. The second-order valence-electron chi connectivity index (χ2n) is 6.72. The Morgan fingerprint density at radius 1 is 1.00 bits per heavy atom. The first-order chi connectivity index (χ1) is 10.7. The molecule has 0 aliphatic carbocycles. The molecule has 0 saturated carbocycles. The Morgan fingerprint density at radius 3 is 2.18 bits per heavy atom. The normalized spacial score (nSPS) is 18.5. The van der Waals surface area contributed by atoms with Crippen LogP contribution in [0.25, 0.3) is 0 Å². The van der Waals surface area contributed by atoms with Gasteiger partial charge in [0.2, 0.25) is 0 Å². The maximum absolute atomic E-state index is 5.16. The molecule has 1 aliphatic rings. The van der Waals surface area contributed by atoms with Gasteiger partial charge in [-0.3, -0.25) is 4.90 Å². The van der Waals surface area contributed by atoms with Crippen molar-refractivity contribution in [2.45, 2.75) is 39.8 Å². The number of methoxy groups -OCH3 is 1. The molecule has 1 unspecified atom stereocenters. The summed E-state index contributed by atoms with van der Waals surface area (Å²) in [6.45, 7) is 12.5. The summed E-state index contributed by atoms with van der Waals surface area (Å²) in [4.78, 5) is 5.21. The Labute approximate surface area is 136 Å². The molecule has 3 nitrogen and oxygen atoms in total. The van der Waals surface area contributed by atoms with Crippen LogP contribution in [0.2, 0.25) is 0 Å². The summed E-state index contributed by atoms with van der Waals surface area (Å²) >= 11 is 0. The van der Waals surface area contributed by atoms with Crippen molar-refractivity contribution in [3.05, 3.63) is 35.4 Å². The highest BCUT2D eigenvalue weighted by molar-refractivity contribution is 5.22. The summed E-state index contributed by atoms with van der Waals surface area (Å²) in [6.07, 6.45) is 2.66. The molecule has 124 valence electrons. The molecule has 1 aliphatic heterocycles. The summed E-state index contributed by atoms with van der Waals surface area (Å²) in [5.74, 6) is 0.838. The van der Waals surface area contributed by atoms with Crippen molar-refractivity contribution in [3.63, 3.8) is 0 Å². The highest BCUT2D eigenvalue weighted by Gasteiger charge is 2.18. The number of piperazine rings is 1. The highest BCUT2D eigenvalue weighted by atomic mass is 16.5. The van der Waals surface area contributed by atoms with Crippen molar-refractivity contribution in [1.82, 2.24) is 9.80 Å². The molecule has 22 heavy (non-hydrogen) atoms. The van der Waals surface area contributed by atoms with Crippen LogP contribution < -0.4 is 0 Å². The van der Waals surface area contributed by atoms with Crippen LogP contribution in [0.4, 0.5) is 0 Å². The fourth-order valence-electron chi connectivity index (χ4n) is 3.32.